The molecular weight excluding hydrogens is 359 g/mol. The van der Waals surface area contributed by atoms with Crippen molar-refractivity contribution in [3.8, 4) is 21.8 Å². The van der Waals surface area contributed by atoms with Gasteiger partial charge in [0.15, 0.2) is 0 Å². The highest BCUT2D eigenvalue weighted by atomic mass is 32.1. The monoisotopic (exact) mass is 378 g/mol. The third-order valence-electron chi connectivity index (χ3n) is 4.07. The first-order chi connectivity index (χ1) is 12.5. The number of rotatable bonds is 7. The topological polar surface area (TPSA) is 39.9 Å². The quantitative estimate of drug-likeness (QED) is 0.476. The van der Waals surface area contributed by atoms with Gasteiger partial charge < -0.3 is 10.2 Å². The summed E-state index contributed by atoms with van der Waals surface area (Å²) >= 11 is 1.71. The van der Waals surface area contributed by atoms with E-state index >= 15 is 0 Å². The molecule has 0 saturated carbocycles. The van der Waals surface area contributed by atoms with Crippen molar-refractivity contribution >= 4 is 11.3 Å². The number of alkyl halides is 3. The summed E-state index contributed by atoms with van der Waals surface area (Å²) in [6.07, 6.45) is 3.05. The second kappa shape index (κ2) is 8.03. The number of unbranched alkanes of at least 4 members (excludes halogenated alkanes) is 3. The van der Waals surface area contributed by atoms with Gasteiger partial charge in [-0.1, -0.05) is 31.9 Å². The van der Waals surface area contributed by atoms with E-state index in [2.05, 4.69) is 34.2 Å². The highest BCUT2D eigenvalue weighted by Crippen LogP contribution is 2.32. The predicted octanol–water partition coefficient (Wildman–Crippen LogP) is 5.97. The lowest BCUT2D eigenvalue weighted by molar-refractivity contribution is -0.141. The van der Waals surface area contributed by atoms with Crippen LogP contribution in [0.25, 0.3) is 21.8 Å². The summed E-state index contributed by atoms with van der Waals surface area (Å²) in [6, 6.07) is 8.72. The van der Waals surface area contributed by atoms with Crippen LogP contribution in [0.5, 0.6) is 0 Å². The van der Waals surface area contributed by atoms with Gasteiger partial charge in [0.25, 0.3) is 0 Å². The third kappa shape index (κ3) is 4.52. The van der Waals surface area contributed by atoms with Crippen LogP contribution in [0, 0.1) is 0 Å². The highest BCUT2D eigenvalue weighted by molar-refractivity contribution is 7.15. The van der Waals surface area contributed by atoms with E-state index in [-0.39, 0.29) is 5.69 Å². The molecule has 0 N–H and O–H groups in total. The van der Waals surface area contributed by atoms with Gasteiger partial charge in [0, 0.05) is 16.0 Å². The van der Waals surface area contributed by atoms with E-state index < -0.39 is 11.9 Å². The Morgan fingerprint density at radius 1 is 1.08 bits per heavy atom. The first kappa shape index (κ1) is 18.6. The molecule has 0 bridgehead atoms. The van der Waals surface area contributed by atoms with Crippen molar-refractivity contribution in [2.45, 2.75) is 45.2 Å². The van der Waals surface area contributed by atoms with E-state index in [1.54, 1.807) is 23.6 Å². The summed E-state index contributed by atoms with van der Waals surface area (Å²) in [7, 11) is 0. The van der Waals surface area contributed by atoms with E-state index in [9.17, 15) is 13.2 Å². The number of thiophene rings is 1. The van der Waals surface area contributed by atoms with Crippen LogP contribution >= 0.6 is 11.3 Å². The second-order valence-corrected chi connectivity index (χ2v) is 7.29. The summed E-state index contributed by atoms with van der Waals surface area (Å²) in [5.74, 6) is 0. The van der Waals surface area contributed by atoms with Crippen molar-refractivity contribution in [1.82, 2.24) is 15.2 Å². The van der Waals surface area contributed by atoms with Crippen LogP contribution in [0.4, 0.5) is 13.2 Å². The van der Waals surface area contributed by atoms with Gasteiger partial charge >= 0.3 is 6.18 Å². The van der Waals surface area contributed by atoms with Crippen molar-refractivity contribution in [1.29, 1.82) is 0 Å². The summed E-state index contributed by atoms with van der Waals surface area (Å²) in [6.45, 7) is 2.19. The fourth-order valence-corrected chi connectivity index (χ4v) is 3.72. The summed E-state index contributed by atoms with van der Waals surface area (Å²) in [5.41, 5.74) is 0.459. The Bertz CT molecular complexity index is 852. The maximum atomic E-state index is 12.7. The minimum Gasteiger partial charge on any atom is -0.573 e. The van der Waals surface area contributed by atoms with Crippen molar-refractivity contribution < 1.29 is 13.2 Å². The van der Waals surface area contributed by atoms with E-state index in [4.69, 9.17) is 0 Å². The molecule has 7 heteroatoms. The second-order valence-electron chi connectivity index (χ2n) is 6.12. The number of hydrogen-bond donors (Lipinski definition) is 0. The van der Waals surface area contributed by atoms with Gasteiger partial charge in [-0.2, -0.15) is 13.2 Å². The lowest BCUT2D eigenvalue weighted by Gasteiger charge is -2.06. The molecule has 3 nitrogen and oxygen atoms in total. The van der Waals surface area contributed by atoms with Crippen molar-refractivity contribution in [2.75, 3.05) is 0 Å². The van der Waals surface area contributed by atoms with Gasteiger partial charge in [0.05, 0.1) is 5.69 Å². The molecule has 0 amide bonds. The number of halogens is 3. The fourth-order valence-electron chi connectivity index (χ4n) is 2.68. The van der Waals surface area contributed by atoms with Gasteiger partial charge in [-0.25, -0.2) is 0 Å². The molecule has 0 aliphatic carbocycles. The molecule has 0 aliphatic rings. The van der Waals surface area contributed by atoms with E-state index in [0.29, 0.717) is 5.69 Å². The number of aryl methyl sites for hydroxylation is 1. The molecule has 138 valence electrons. The predicted molar refractivity (Wildman–Crippen MR) is 96.9 cm³/mol. The Labute approximate surface area is 154 Å². The molecule has 0 spiro atoms. The van der Waals surface area contributed by atoms with Crippen LogP contribution in [-0.4, -0.2) is 10.1 Å². The Hall–Kier alpha value is -2.15. The van der Waals surface area contributed by atoms with Crippen LogP contribution in [0.3, 0.4) is 0 Å². The Balaban J connectivity index is 1.75. The third-order valence-corrected chi connectivity index (χ3v) is 5.27. The minimum atomic E-state index is -4.50. The Morgan fingerprint density at radius 2 is 1.92 bits per heavy atom. The van der Waals surface area contributed by atoms with E-state index in [0.717, 1.165) is 22.9 Å². The van der Waals surface area contributed by atoms with Crippen LogP contribution in [-0.2, 0) is 12.6 Å². The zero-order valence-electron chi connectivity index (χ0n) is 14.4. The molecule has 0 aromatic carbocycles. The zero-order chi connectivity index (χ0) is 18.6. The average Bonchev–Trinajstić information content (AvgIpc) is 3.28. The molecule has 3 heterocycles. The van der Waals surface area contributed by atoms with E-state index in [1.165, 1.54) is 30.6 Å². The van der Waals surface area contributed by atoms with Gasteiger partial charge in [0.1, 0.15) is 5.69 Å². The maximum absolute atomic E-state index is 12.7. The first-order valence-corrected chi connectivity index (χ1v) is 9.42. The largest absolute Gasteiger partial charge is 0.573 e. The standard InChI is InChI=1S/C19H19F3N3S/c1-2-3-4-5-6-14-7-8-17(26-14)13-9-10-23-15(11-13)16-12-18(25-24-16)19(20,21)22/h7-12H,2-6H2,1H3/q-1. The summed E-state index contributed by atoms with van der Waals surface area (Å²) in [4.78, 5) is 6.54. The number of pyridine rings is 1. The molecule has 0 aliphatic heterocycles. The normalized spacial score (nSPS) is 11.8. The number of hydrogen-bond acceptors (Lipinski definition) is 3. The number of nitrogens with zero attached hydrogens (tertiary/aromatic N) is 3. The average molecular weight is 378 g/mol. The summed E-state index contributed by atoms with van der Waals surface area (Å²) in [5, 5.41) is 6.83. The molecule has 0 atom stereocenters. The number of aromatic nitrogens is 3. The zero-order valence-corrected chi connectivity index (χ0v) is 15.2. The van der Waals surface area contributed by atoms with Crippen LogP contribution in [0.15, 0.2) is 36.5 Å². The van der Waals surface area contributed by atoms with Crippen molar-refractivity contribution in [2.24, 2.45) is 0 Å². The lowest BCUT2D eigenvalue weighted by Crippen LogP contribution is -2.04. The first-order valence-electron chi connectivity index (χ1n) is 8.60. The molecule has 3 rings (SSSR count). The Morgan fingerprint density at radius 3 is 2.65 bits per heavy atom. The van der Waals surface area contributed by atoms with Gasteiger partial charge in [-0.05, 0) is 48.7 Å². The highest BCUT2D eigenvalue weighted by Gasteiger charge is 2.31. The molecule has 3 aromatic rings. The minimum absolute atomic E-state index is 0.135. The molecule has 26 heavy (non-hydrogen) atoms. The van der Waals surface area contributed by atoms with Gasteiger partial charge in [0.2, 0.25) is 0 Å². The van der Waals surface area contributed by atoms with Crippen LogP contribution in [0.1, 0.15) is 43.2 Å². The van der Waals surface area contributed by atoms with Gasteiger partial charge in [-0.15, -0.1) is 11.3 Å². The van der Waals surface area contributed by atoms with Crippen LogP contribution < -0.4 is 5.10 Å². The lowest BCUT2D eigenvalue weighted by atomic mass is 10.1. The molecular formula is C19H19F3N3S-. The molecule has 0 saturated heterocycles. The molecule has 0 unspecified atom stereocenters. The van der Waals surface area contributed by atoms with Crippen molar-refractivity contribution in [3.05, 3.63) is 47.1 Å². The SMILES string of the molecule is CCCCCCc1ccc(-c2ccnc(-c3cc(C(F)(F)F)n[n-]3)c2)s1. The Kier molecular flexibility index (Phi) is 5.76. The smallest absolute Gasteiger partial charge is 0.431 e. The summed E-state index contributed by atoms with van der Waals surface area (Å²) < 4.78 is 38.1. The molecule has 3 aromatic heterocycles. The van der Waals surface area contributed by atoms with E-state index in [1.807, 2.05) is 6.07 Å². The molecule has 0 fully saturated rings. The van der Waals surface area contributed by atoms with Crippen LogP contribution in [0.2, 0.25) is 0 Å². The fraction of sp³-hybridized carbons (Fsp3) is 0.368. The maximum Gasteiger partial charge on any atom is 0.431 e. The molecule has 0 radical (unpaired) electrons. The van der Waals surface area contributed by atoms with Crippen molar-refractivity contribution in [3.63, 3.8) is 0 Å². The van der Waals surface area contributed by atoms with Gasteiger partial charge in [-0.3, -0.25) is 4.98 Å².